The van der Waals surface area contributed by atoms with Crippen molar-refractivity contribution in [3.8, 4) is 0 Å². The van der Waals surface area contributed by atoms with Crippen molar-refractivity contribution in [1.29, 1.82) is 0 Å². The highest BCUT2D eigenvalue weighted by atomic mass is 16.5. The van der Waals surface area contributed by atoms with Crippen LogP contribution in [0.15, 0.2) is 12.7 Å². The molecule has 0 fully saturated rings. The number of hydrogen-bond donors (Lipinski definition) is 1. The maximum Gasteiger partial charge on any atom is 0.0587 e. The lowest BCUT2D eigenvalue weighted by molar-refractivity contribution is 0.199. The molecule has 0 aliphatic heterocycles. The van der Waals surface area contributed by atoms with E-state index in [1.165, 1.54) is 38.5 Å². The first kappa shape index (κ1) is 13.7. The number of unbranched alkanes of at least 4 members (excludes halogenated alkanes) is 5. The third-order valence-corrected chi connectivity index (χ3v) is 2.24. The molecule has 0 unspecified atom stereocenters. The first-order chi connectivity index (χ1) is 6.91. The number of allylic oxidation sites excluding steroid dienone is 1. The molecule has 0 aliphatic carbocycles. The molecular weight excluding hydrogens is 174 g/mol. The lowest BCUT2D eigenvalue weighted by Gasteiger charge is -2.03. The van der Waals surface area contributed by atoms with E-state index in [9.17, 15) is 0 Å². The highest BCUT2D eigenvalue weighted by molar-refractivity contribution is 4.65. The normalized spacial score (nSPS) is 10.4. The number of rotatable bonds is 11. The molecule has 0 spiro atoms. The van der Waals surface area contributed by atoms with Crippen LogP contribution in [0, 0.1) is 0 Å². The van der Waals surface area contributed by atoms with E-state index in [1.54, 1.807) is 7.11 Å². The van der Waals surface area contributed by atoms with Gasteiger partial charge >= 0.3 is 0 Å². The van der Waals surface area contributed by atoms with Crippen molar-refractivity contribution in [3.05, 3.63) is 12.7 Å². The summed E-state index contributed by atoms with van der Waals surface area (Å²) >= 11 is 0. The average molecular weight is 199 g/mol. The van der Waals surface area contributed by atoms with Crippen molar-refractivity contribution < 1.29 is 4.74 Å². The zero-order valence-electron chi connectivity index (χ0n) is 9.56. The fourth-order valence-corrected chi connectivity index (χ4v) is 1.37. The molecule has 0 saturated heterocycles. The average Bonchev–Trinajstić information content (AvgIpc) is 2.21. The number of hydrogen-bond acceptors (Lipinski definition) is 2. The standard InChI is InChI=1S/C12H25NO/c1-3-4-5-6-7-8-9-10-13-11-12-14-2/h3,13H,1,4-12H2,2H3. The predicted octanol–water partition coefficient (Wildman–Crippen LogP) is 2.75. The smallest absolute Gasteiger partial charge is 0.0587 e. The monoisotopic (exact) mass is 199 g/mol. The third kappa shape index (κ3) is 11.7. The van der Waals surface area contributed by atoms with Crippen molar-refractivity contribution in [1.82, 2.24) is 5.32 Å². The van der Waals surface area contributed by atoms with E-state index in [2.05, 4.69) is 11.9 Å². The molecule has 0 aliphatic rings. The van der Waals surface area contributed by atoms with E-state index < -0.39 is 0 Å². The third-order valence-electron chi connectivity index (χ3n) is 2.24. The Kier molecular flexibility index (Phi) is 12.4. The Balaban J connectivity index is 2.81. The van der Waals surface area contributed by atoms with Gasteiger partial charge in [0.25, 0.3) is 0 Å². The van der Waals surface area contributed by atoms with Crippen LogP contribution in [0.4, 0.5) is 0 Å². The molecule has 0 heterocycles. The number of methoxy groups -OCH3 is 1. The van der Waals surface area contributed by atoms with Crippen molar-refractivity contribution >= 4 is 0 Å². The van der Waals surface area contributed by atoms with Gasteiger partial charge in [-0.25, -0.2) is 0 Å². The van der Waals surface area contributed by atoms with Crippen LogP contribution in [0.2, 0.25) is 0 Å². The number of nitrogens with one attached hydrogen (secondary N) is 1. The molecule has 84 valence electrons. The van der Waals surface area contributed by atoms with Crippen LogP contribution in [-0.2, 0) is 4.74 Å². The fraction of sp³-hybridized carbons (Fsp3) is 0.833. The highest BCUT2D eigenvalue weighted by Gasteiger charge is 1.90. The summed E-state index contributed by atoms with van der Waals surface area (Å²) in [7, 11) is 1.74. The molecule has 2 heteroatoms. The molecule has 0 atom stereocenters. The molecule has 2 nitrogen and oxygen atoms in total. The molecule has 1 N–H and O–H groups in total. The quantitative estimate of drug-likeness (QED) is 0.408. The predicted molar refractivity (Wildman–Crippen MR) is 62.6 cm³/mol. The van der Waals surface area contributed by atoms with Crippen LogP contribution in [0.1, 0.15) is 38.5 Å². The first-order valence-electron chi connectivity index (χ1n) is 5.72. The number of ether oxygens (including phenoxy) is 1. The van der Waals surface area contributed by atoms with E-state index in [0.717, 1.165) is 19.7 Å². The molecule has 0 aromatic heterocycles. The Morgan fingerprint density at radius 1 is 1.07 bits per heavy atom. The second-order valence-electron chi connectivity index (χ2n) is 3.59. The Bertz CT molecular complexity index is 115. The lowest BCUT2D eigenvalue weighted by atomic mass is 10.1. The minimum absolute atomic E-state index is 0.819. The van der Waals surface area contributed by atoms with Crippen molar-refractivity contribution in [2.24, 2.45) is 0 Å². The maximum absolute atomic E-state index is 4.94. The second-order valence-corrected chi connectivity index (χ2v) is 3.59. The summed E-state index contributed by atoms with van der Waals surface area (Å²) < 4.78 is 4.94. The van der Waals surface area contributed by atoms with Gasteiger partial charge in [-0.1, -0.05) is 25.3 Å². The van der Waals surface area contributed by atoms with E-state index >= 15 is 0 Å². The van der Waals surface area contributed by atoms with Gasteiger partial charge in [-0.3, -0.25) is 0 Å². The fourth-order valence-electron chi connectivity index (χ4n) is 1.37. The SMILES string of the molecule is C=CCCCCCCCNCCOC. The molecule has 14 heavy (non-hydrogen) atoms. The zero-order chi connectivity index (χ0) is 10.5. The Hall–Kier alpha value is -0.340. The van der Waals surface area contributed by atoms with E-state index in [1.807, 2.05) is 6.08 Å². The van der Waals surface area contributed by atoms with Gasteiger partial charge in [0.05, 0.1) is 6.61 Å². The van der Waals surface area contributed by atoms with Crippen LogP contribution >= 0.6 is 0 Å². The largest absolute Gasteiger partial charge is 0.383 e. The highest BCUT2D eigenvalue weighted by Crippen LogP contribution is 2.04. The summed E-state index contributed by atoms with van der Waals surface area (Å²) in [5, 5.41) is 3.35. The summed E-state index contributed by atoms with van der Waals surface area (Å²) in [5.74, 6) is 0. The molecule has 0 rings (SSSR count). The van der Waals surface area contributed by atoms with Gasteiger partial charge in [-0.15, -0.1) is 6.58 Å². The summed E-state index contributed by atoms with van der Waals surface area (Å²) in [6, 6.07) is 0. The van der Waals surface area contributed by atoms with E-state index in [0.29, 0.717) is 0 Å². The Morgan fingerprint density at radius 2 is 1.79 bits per heavy atom. The summed E-state index contributed by atoms with van der Waals surface area (Å²) in [6.07, 6.45) is 9.83. The van der Waals surface area contributed by atoms with Crippen LogP contribution < -0.4 is 5.32 Å². The van der Waals surface area contributed by atoms with Gasteiger partial charge in [0.2, 0.25) is 0 Å². The van der Waals surface area contributed by atoms with Crippen LogP contribution in [0.3, 0.4) is 0 Å². The van der Waals surface area contributed by atoms with Crippen molar-refractivity contribution in [3.63, 3.8) is 0 Å². The van der Waals surface area contributed by atoms with Gasteiger partial charge in [0, 0.05) is 13.7 Å². The second kappa shape index (κ2) is 12.7. The van der Waals surface area contributed by atoms with Crippen molar-refractivity contribution in [2.75, 3.05) is 26.8 Å². The van der Waals surface area contributed by atoms with E-state index in [4.69, 9.17) is 4.74 Å². The summed E-state index contributed by atoms with van der Waals surface area (Å²) in [5.41, 5.74) is 0. The van der Waals surface area contributed by atoms with Crippen LogP contribution in [0.5, 0.6) is 0 Å². The Labute approximate surface area is 88.7 Å². The molecule has 0 aromatic rings. The lowest BCUT2D eigenvalue weighted by Crippen LogP contribution is -2.20. The van der Waals surface area contributed by atoms with Gasteiger partial charge in [-0.05, 0) is 25.8 Å². The van der Waals surface area contributed by atoms with Gasteiger partial charge < -0.3 is 10.1 Å². The summed E-state index contributed by atoms with van der Waals surface area (Å²) in [4.78, 5) is 0. The zero-order valence-corrected chi connectivity index (χ0v) is 9.56. The van der Waals surface area contributed by atoms with Crippen LogP contribution in [-0.4, -0.2) is 26.8 Å². The van der Waals surface area contributed by atoms with Crippen LogP contribution in [0.25, 0.3) is 0 Å². The van der Waals surface area contributed by atoms with E-state index in [-0.39, 0.29) is 0 Å². The molecule has 0 radical (unpaired) electrons. The molecule has 0 amide bonds. The first-order valence-corrected chi connectivity index (χ1v) is 5.72. The summed E-state index contributed by atoms with van der Waals surface area (Å²) in [6.45, 7) is 6.64. The Morgan fingerprint density at radius 3 is 2.50 bits per heavy atom. The maximum atomic E-state index is 4.94. The van der Waals surface area contributed by atoms with Gasteiger partial charge in [-0.2, -0.15) is 0 Å². The molecule has 0 saturated carbocycles. The minimum Gasteiger partial charge on any atom is -0.383 e. The molecule has 0 aromatic carbocycles. The topological polar surface area (TPSA) is 21.3 Å². The minimum atomic E-state index is 0.819. The molecule has 0 bridgehead atoms. The van der Waals surface area contributed by atoms with Gasteiger partial charge in [0.15, 0.2) is 0 Å². The molecular formula is C12H25NO. The van der Waals surface area contributed by atoms with Crippen molar-refractivity contribution in [2.45, 2.75) is 38.5 Å². The van der Waals surface area contributed by atoms with Gasteiger partial charge in [0.1, 0.15) is 0 Å².